The second kappa shape index (κ2) is 5.21. The first-order valence-electron chi connectivity index (χ1n) is 5.61. The van der Waals surface area contributed by atoms with Gasteiger partial charge in [0.2, 0.25) is 0 Å². The molecule has 3 nitrogen and oxygen atoms in total. The van der Waals surface area contributed by atoms with E-state index >= 15 is 0 Å². The molecule has 84 valence electrons. The van der Waals surface area contributed by atoms with Crippen molar-refractivity contribution in [3.05, 3.63) is 23.0 Å². The first-order valence-corrected chi connectivity index (χ1v) is 5.61. The molecule has 1 aromatic rings. The van der Waals surface area contributed by atoms with Crippen LogP contribution in [0.1, 0.15) is 50.2 Å². The lowest BCUT2D eigenvalue weighted by atomic mass is 9.93. The van der Waals surface area contributed by atoms with Gasteiger partial charge in [0.1, 0.15) is 0 Å². The van der Waals surface area contributed by atoms with Crippen molar-refractivity contribution >= 4 is 0 Å². The standard InChI is InChI=1S/C12H20N2O/c1-5-8(3)12(15)10-7-9(4)13-14-11(10)6-2/h7-8,12,15H,5-6H2,1-4H3. The maximum atomic E-state index is 10.2. The molecule has 1 N–H and O–H groups in total. The summed E-state index contributed by atoms with van der Waals surface area (Å²) in [5, 5.41) is 18.3. The summed E-state index contributed by atoms with van der Waals surface area (Å²) in [6, 6.07) is 1.95. The molecule has 0 bridgehead atoms. The average Bonchev–Trinajstić information content (AvgIpc) is 2.27. The number of aliphatic hydroxyl groups is 1. The van der Waals surface area contributed by atoms with Gasteiger partial charge in [-0.25, -0.2) is 0 Å². The highest BCUT2D eigenvalue weighted by molar-refractivity contribution is 5.23. The zero-order valence-electron chi connectivity index (χ0n) is 9.99. The molecule has 0 saturated heterocycles. The maximum absolute atomic E-state index is 10.2. The van der Waals surface area contributed by atoms with Gasteiger partial charge in [-0.05, 0) is 25.3 Å². The molecule has 1 heterocycles. The largest absolute Gasteiger partial charge is 0.388 e. The Kier molecular flexibility index (Phi) is 4.21. The molecule has 0 spiro atoms. The lowest BCUT2D eigenvalue weighted by Gasteiger charge is -2.19. The fourth-order valence-corrected chi connectivity index (χ4v) is 1.59. The van der Waals surface area contributed by atoms with E-state index in [4.69, 9.17) is 0 Å². The number of aliphatic hydroxyl groups excluding tert-OH is 1. The summed E-state index contributed by atoms with van der Waals surface area (Å²) >= 11 is 0. The van der Waals surface area contributed by atoms with Crippen LogP contribution in [-0.2, 0) is 6.42 Å². The van der Waals surface area contributed by atoms with Gasteiger partial charge < -0.3 is 5.11 Å². The van der Waals surface area contributed by atoms with Gasteiger partial charge in [-0.3, -0.25) is 0 Å². The fourth-order valence-electron chi connectivity index (χ4n) is 1.59. The van der Waals surface area contributed by atoms with Crippen LogP contribution in [0.3, 0.4) is 0 Å². The molecule has 1 aromatic heterocycles. The summed E-state index contributed by atoms with van der Waals surface area (Å²) in [6.45, 7) is 8.08. The number of aryl methyl sites for hydroxylation is 2. The SMILES string of the molecule is CCc1nnc(C)cc1C(O)C(C)CC. The Labute approximate surface area is 91.6 Å². The summed E-state index contributed by atoms with van der Waals surface area (Å²) in [5.41, 5.74) is 2.72. The molecule has 0 fully saturated rings. The molecule has 2 atom stereocenters. The van der Waals surface area contributed by atoms with Gasteiger partial charge in [0.15, 0.2) is 0 Å². The number of aromatic nitrogens is 2. The van der Waals surface area contributed by atoms with Crippen LogP contribution in [-0.4, -0.2) is 15.3 Å². The Hall–Kier alpha value is -0.960. The predicted molar refractivity (Wildman–Crippen MR) is 60.6 cm³/mol. The molecule has 0 aliphatic heterocycles. The van der Waals surface area contributed by atoms with Crippen molar-refractivity contribution in [1.82, 2.24) is 10.2 Å². The summed E-state index contributed by atoms with van der Waals surface area (Å²) in [7, 11) is 0. The highest BCUT2D eigenvalue weighted by Gasteiger charge is 2.18. The van der Waals surface area contributed by atoms with E-state index in [9.17, 15) is 5.11 Å². The van der Waals surface area contributed by atoms with E-state index in [0.717, 1.165) is 29.8 Å². The summed E-state index contributed by atoms with van der Waals surface area (Å²) in [5.74, 6) is 0.263. The quantitative estimate of drug-likeness (QED) is 0.826. The molecule has 3 heteroatoms. The minimum Gasteiger partial charge on any atom is -0.388 e. The van der Waals surface area contributed by atoms with Crippen LogP contribution < -0.4 is 0 Å². The van der Waals surface area contributed by atoms with Crippen molar-refractivity contribution in [2.24, 2.45) is 5.92 Å². The molecule has 1 rings (SSSR count). The van der Waals surface area contributed by atoms with Crippen LogP contribution in [0.25, 0.3) is 0 Å². The van der Waals surface area contributed by atoms with Crippen molar-refractivity contribution in [2.45, 2.75) is 46.6 Å². The van der Waals surface area contributed by atoms with E-state index in [-0.39, 0.29) is 5.92 Å². The van der Waals surface area contributed by atoms with Crippen molar-refractivity contribution in [2.75, 3.05) is 0 Å². The number of rotatable bonds is 4. The zero-order valence-corrected chi connectivity index (χ0v) is 9.99. The molecule has 0 aromatic carbocycles. The first kappa shape index (κ1) is 12.1. The summed E-state index contributed by atoms with van der Waals surface area (Å²) in [6.07, 6.45) is 1.36. The van der Waals surface area contributed by atoms with E-state index in [2.05, 4.69) is 24.0 Å². The first-order chi connectivity index (χ1) is 7.10. The Morgan fingerprint density at radius 1 is 1.33 bits per heavy atom. The third-order valence-electron chi connectivity index (χ3n) is 2.86. The van der Waals surface area contributed by atoms with Crippen molar-refractivity contribution in [3.63, 3.8) is 0 Å². The molecule has 0 aliphatic carbocycles. The molecule has 2 unspecified atom stereocenters. The van der Waals surface area contributed by atoms with E-state index in [1.807, 2.05) is 19.9 Å². The van der Waals surface area contributed by atoms with Crippen molar-refractivity contribution in [1.29, 1.82) is 0 Å². The minimum absolute atomic E-state index is 0.263. The van der Waals surface area contributed by atoms with Crippen LogP contribution in [0.5, 0.6) is 0 Å². The van der Waals surface area contributed by atoms with Gasteiger partial charge in [0.25, 0.3) is 0 Å². The molecule has 0 amide bonds. The van der Waals surface area contributed by atoms with Gasteiger partial charge in [0, 0.05) is 5.56 Å². The van der Waals surface area contributed by atoms with Gasteiger partial charge >= 0.3 is 0 Å². The van der Waals surface area contributed by atoms with Crippen molar-refractivity contribution in [3.8, 4) is 0 Å². The van der Waals surface area contributed by atoms with Gasteiger partial charge in [-0.1, -0.05) is 27.2 Å². The Morgan fingerprint density at radius 3 is 2.53 bits per heavy atom. The molecular weight excluding hydrogens is 188 g/mol. The smallest absolute Gasteiger partial charge is 0.0834 e. The predicted octanol–water partition coefficient (Wildman–Crippen LogP) is 2.43. The fraction of sp³-hybridized carbons (Fsp3) is 0.667. The summed E-state index contributed by atoms with van der Waals surface area (Å²) in [4.78, 5) is 0. The topological polar surface area (TPSA) is 46.0 Å². The van der Waals surface area contributed by atoms with Crippen LogP contribution in [0.4, 0.5) is 0 Å². The Bertz CT molecular complexity index is 325. The summed E-state index contributed by atoms with van der Waals surface area (Å²) < 4.78 is 0. The van der Waals surface area contributed by atoms with Crippen LogP contribution in [0, 0.1) is 12.8 Å². The van der Waals surface area contributed by atoms with Crippen molar-refractivity contribution < 1.29 is 5.11 Å². The van der Waals surface area contributed by atoms with Crippen LogP contribution in [0.15, 0.2) is 6.07 Å². The maximum Gasteiger partial charge on any atom is 0.0834 e. The average molecular weight is 208 g/mol. The number of hydrogen-bond acceptors (Lipinski definition) is 3. The minimum atomic E-state index is -0.417. The second-order valence-corrected chi connectivity index (χ2v) is 4.07. The third-order valence-corrected chi connectivity index (χ3v) is 2.86. The Balaban J connectivity index is 3.05. The van der Waals surface area contributed by atoms with E-state index in [1.165, 1.54) is 0 Å². The monoisotopic (exact) mass is 208 g/mol. The third kappa shape index (κ3) is 2.75. The van der Waals surface area contributed by atoms with E-state index in [0.29, 0.717) is 0 Å². The lowest BCUT2D eigenvalue weighted by Crippen LogP contribution is -2.12. The second-order valence-electron chi connectivity index (χ2n) is 4.07. The number of nitrogens with zero attached hydrogens (tertiary/aromatic N) is 2. The normalized spacial score (nSPS) is 15.0. The molecule has 0 aliphatic rings. The van der Waals surface area contributed by atoms with Crippen LogP contribution >= 0.6 is 0 Å². The number of hydrogen-bond donors (Lipinski definition) is 1. The van der Waals surface area contributed by atoms with Gasteiger partial charge in [-0.15, -0.1) is 0 Å². The highest BCUT2D eigenvalue weighted by atomic mass is 16.3. The lowest BCUT2D eigenvalue weighted by molar-refractivity contribution is 0.114. The Morgan fingerprint density at radius 2 is 2.00 bits per heavy atom. The van der Waals surface area contributed by atoms with Crippen LogP contribution in [0.2, 0.25) is 0 Å². The van der Waals surface area contributed by atoms with Gasteiger partial charge in [-0.2, -0.15) is 10.2 Å². The van der Waals surface area contributed by atoms with E-state index in [1.54, 1.807) is 0 Å². The highest BCUT2D eigenvalue weighted by Crippen LogP contribution is 2.26. The molecule has 15 heavy (non-hydrogen) atoms. The molecular formula is C12H20N2O. The zero-order chi connectivity index (χ0) is 11.4. The molecule has 0 saturated carbocycles. The molecule has 0 radical (unpaired) electrons. The van der Waals surface area contributed by atoms with E-state index < -0.39 is 6.10 Å². The van der Waals surface area contributed by atoms with Gasteiger partial charge in [0.05, 0.1) is 17.5 Å².